The molecule has 1 aliphatic rings. The summed E-state index contributed by atoms with van der Waals surface area (Å²) in [6.45, 7) is 34.6. The highest BCUT2D eigenvalue weighted by Gasteiger charge is 2.18. The molecule has 1 aromatic rings. The molecule has 1 aromatic carbocycles. The van der Waals surface area contributed by atoms with E-state index in [2.05, 4.69) is 73.7 Å². The molecular formula is C27H46N2. The van der Waals surface area contributed by atoms with Crippen molar-refractivity contribution in [1.82, 2.24) is 4.90 Å². The summed E-state index contributed by atoms with van der Waals surface area (Å²) in [6, 6.07) is 8.60. The van der Waals surface area contributed by atoms with Gasteiger partial charge in [-0.3, -0.25) is 0 Å². The first kappa shape index (κ1) is 29.0. The van der Waals surface area contributed by atoms with Gasteiger partial charge in [0, 0.05) is 37.6 Å². The molecule has 0 amide bonds. The fourth-order valence-electron chi connectivity index (χ4n) is 2.92. The molecule has 0 aromatic heterocycles. The van der Waals surface area contributed by atoms with Crippen LogP contribution in [0.25, 0.3) is 0 Å². The molecule has 0 saturated carbocycles. The van der Waals surface area contributed by atoms with E-state index in [0.717, 1.165) is 48.6 Å². The van der Waals surface area contributed by atoms with E-state index in [1.165, 1.54) is 11.3 Å². The van der Waals surface area contributed by atoms with Gasteiger partial charge in [-0.1, -0.05) is 85.1 Å². The average molecular weight is 399 g/mol. The zero-order chi connectivity index (χ0) is 23.0. The molecular weight excluding hydrogens is 352 g/mol. The van der Waals surface area contributed by atoms with E-state index >= 15 is 0 Å². The highest BCUT2D eigenvalue weighted by molar-refractivity contribution is 5.53. The number of rotatable bonds is 5. The number of para-hydroxylation sites is 1. The lowest BCUT2D eigenvalue weighted by Gasteiger charge is -2.38. The summed E-state index contributed by atoms with van der Waals surface area (Å²) in [4.78, 5) is 4.81. The van der Waals surface area contributed by atoms with Crippen molar-refractivity contribution in [2.75, 3.05) is 31.1 Å². The summed E-state index contributed by atoms with van der Waals surface area (Å²) in [5.41, 5.74) is 6.91. The molecule has 2 heteroatoms. The highest BCUT2D eigenvalue weighted by atomic mass is 15.3. The first-order valence-corrected chi connectivity index (χ1v) is 11.2. The molecule has 1 heterocycles. The quantitative estimate of drug-likeness (QED) is 0.467. The highest BCUT2D eigenvalue weighted by Crippen LogP contribution is 2.23. The van der Waals surface area contributed by atoms with Gasteiger partial charge in [0.1, 0.15) is 0 Å². The van der Waals surface area contributed by atoms with E-state index in [9.17, 15) is 0 Å². The Morgan fingerprint density at radius 2 is 1.31 bits per heavy atom. The van der Waals surface area contributed by atoms with Gasteiger partial charge < -0.3 is 9.80 Å². The van der Waals surface area contributed by atoms with Crippen LogP contribution >= 0.6 is 0 Å². The second kappa shape index (κ2) is 16.7. The number of allylic oxidation sites excluding steroid dienone is 4. The summed E-state index contributed by atoms with van der Waals surface area (Å²) in [6.07, 6.45) is 2.13. The van der Waals surface area contributed by atoms with Crippen molar-refractivity contribution >= 4 is 5.69 Å². The summed E-state index contributed by atoms with van der Waals surface area (Å²) in [5, 5.41) is 0. The normalized spacial score (nSPS) is 12.9. The van der Waals surface area contributed by atoms with Crippen molar-refractivity contribution in [1.29, 1.82) is 0 Å². The van der Waals surface area contributed by atoms with Crippen LogP contribution in [-0.4, -0.2) is 31.1 Å². The van der Waals surface area contributed by atoms with E-state index < -0.39 is 0 Å². The number of hydrogen-bond donors (Lipinski definition) is 0. The number of aryl methyl sites for hydroxylation is 1. The van der Waals surface area contributed by atoms with Crippen LogP contribution in [0.2, 0.25) is 0 Å². The number of piperazine rings is 1. The van der Waals surface area contributed by atoms with Gasteiger partial charge >= 0.3 is 0 Å². The molecule has 1 aliphatic heterocycles. The van der Waals surface area contributed by atoms with Crippen LogP contribution < -0.4 is 4.90 Å². The molecule has 29 heavy (non-hydrogen) atoms. The van der Waals surface area contributed by atoms with Gasteiger partial charge in [-0.05, 0) is 49.6 Å². The van der Waals surface area contributed by atoms with Crippen LogP contribution in [0.4, 0.5) is 5.69 Å². The van der Waals surface area contributed by atoms with Gasteiger partial charge in [0.25, 0.3) is 0 Å². The predicted molar refractivity (Wildman–Crippen MR) is 136 cm³/mol. The zero-order valence-corrected chi connectivity index (χ0v) is 20.7. The Balaban J connectivity index is 0. The molecule has 0 aliphatic carbocycles. The van der Waals surface area contributed by atoms with Crippen molar-refractivity contribution in [3.63, 3.8) is 0 Å². The minimum Gasteiger partial charge on any atom is -0.368 e. The van der Waals surface area contributed by atoms with Gasteiger partial charge in [-0.15, -0.1) is 0 Å². The van der Waals surface area contributed by atoms with E-state index in [1.54, 1.807) is 0 Å². The van der Waals surface area contributed by atoms with Gasteiger partial charge in [-0.25, -0.2) is 0 Å². The lowest BCUT2D eigenvalue weighted by Crippen LogP contribution is -2.45. The SMILES string of the molecule is C=C(C)C(=C)/C(C)=C\C(=C)N1CCN(c2ccccc2C)CC1.CC.CC.CC. The second-order valence-electron chi connectivity index (χ2n) is 6.34. The number of anilines is 1. The van der Waals surface area contributed by atoms with E-state index in [1.807, 2.05) is 48.5 Å². The molecule has 0 unspecified atom stereocenters. The third kappa shape index (κ3) is 9.69. The maximum absolute atomic E-state index is 4.24. The van der Waals surface area contributed by atoms with Crippen molar-refractivity contribution in [2.45, 2.75) is 62.3 Å². The molecule has 2 rings (SSSR count). The fraction of sp³-hybridized carbons (Fsp3) is 0.481. The minimum absolute atomic E-state index is 0.997. The minimum atomic E-state index is 0.997. The molecule has 0 N–H and O–H groups in total. The van der Waals surface area contributed by atoms with Gasteiger partial charge in [-0.2, -0.15) is 0 Å². The molecule has 1 saturated heterocycles. The van der Waals surface area contributed by atoms with Crippen LogP contribution in [0, 0.1) is 6.92 Å². The van der Waals surface area contributed by atoms with Gasteiger partial charge in [0.05, 0.1) is 0 Å². The molecule has 0 atom stereocenters. The second-order valence-corrected chi connectivity index (χ2v) is 6.34. The number of nitrogens with zero attached hydrogens (tertiary/aromatic N) is 2. The number of benzene rings is 1. The van der Waals surface area contributed by atoms with E-state index in [4.69, 9.17) is 0 Å². The van der Waals surface area contributed by atoms with Crippen LogP contribution in [0.15, 0.2) is 72.5 Å². The molecule has 1 fully saturated rings. The molecule has 2 nitrogen and oxygen atoms in total. The monoisotopic (exact) mass is 398 g/mol. The Morgan fingerprint density at radius 3 is 1.76 bits per heavy atom. The summed E-state index contributed by atoms with van der Waals surface area (Å²) in [7, 11) is 0. The van der Waals surface area contributed by atoms with Crippen molar-refractivity contribution in [2.24, 2.45) is 0 Å². The van der Waals surface area contributed by atoms with Crippen molar-refractivity contribution < 1.29 is 0 Å². The molecule has 164 valence electrons. The first-order valence-electron chi connectivity index (χ1n) is 11.2. The first-order chi connectivity index (χ1) is 13.9. The van der Waals surface area contributed by atoms with Crippen molar-refractivity contribution in [3.8, 4) is 0 Å². The Labute approximate surface area is 182 Å². The average Bonchev–Trinajstić information content (AvgIpc) is 2.77. The molecule has 0 radical (unpaired) electrons. The van der Waals surface area contributed by atoms with Crippen LogP contribution in [0.5, 0.6) is 0 Å². The molecule has 0 spiro atoms. The third-order valence-corrected chi connectivity index (χ3v) is 4.52. The van der Waals surface area contributed by atoms with Crippen LogP contribution in [0.1, 0.15) is 61.0 Å². The fourth-order valence-corrected chi connectivity index (χ4v) is 2.92. The smallest absolute Gasteiger partial charge is 0.0397 e. The largest absolute Gasteiger partial charge is 0.368 e. The predicted octanol–water partition coefficient (Wildman–Crippen LogP) is 7.79. The topological polar surface area (TPSA) is 6.48 Å². The maximum Gasteiger partial charge on any atom is 0.0397 e. The lowest BCUT2D eigenvalue weighted by molar-refractivity contribution is 0.331. The summed E-state index contributed by atoms with van der Waals surface area (Å²) < 4.78 is 0. The van der Waals surface area contributed by atoms with Crippen LogP contribution in [0.3, 0.4) is 0 Å². The van der Waals surface area contributed by atoms with E-state index in [-0.39, 0.29) is 0 Å². The van der Waals surface area contributed by atoms with Crippen LogP contribution in [-0.2, 0) is 0 Å². The van der Waals surface area contributed by atoms with E-state index in [0.29, 0.717) is 0 Å². The standard InChI is InChI=1S/C21H28N2.3C2H6/c1-16(2)20(6)18(4)15-19(5)22-11-13-23(14-12-22)21-10-8-7-9-17(21)3;3*1-2/h7-10,15H,1,5-6,11-14H2,2-4H3;3*1-2H3/b18-15-;;;. The Morgan fingerprint density at radius 1 is 0.828 bits per heavy atom. The Hall–Kier alpha value is -2.22. The number of hydrogen-bond acceptors (Lipinski definition) is 2. The molecule has 0 bridgehead atoms. The third-order valence-electron chi connectivity index (χ3n) is 4.52. The Kier molecular flexibility index (Phi) is 16.7. The van der Waals surface area contributed by atoms with Gasteiger partial charge in [0.2, 0.25) is 0 Å². The maximum atomic E-state index is 4.24. The zero-order valence-electron chi connectivity index (χ0n) is 20.7. The lowest BCUT2D eigenvalue weighted by atomic mass is 10.0. The Bertz CT molecular complexity index is 644. The van der Waals surface area contributed by atoms with Gasteiger partial charge in [0.15, 0.2) is 0 Å². The van der Waals surface area contributed by atoms with Crippen molar-refractivity contribution in [3.05, 3.63) is 78.1 Å². The summed E-state index contributed by atoms with van der Waals surface area (Å²) >= 11 is 0. The summed E-state index contributed by atoms with van der Waals surface area (Å²) in [5.74, 6) is 0.